The van der Waals surface area contributed by atoms with Crippen molar-refractivity contribution in [2.24, 2.45) is 0 Å². The van der Waals surface area contributed by atoms with Crippen molar-refractivity contribution in [3.8, 4) is 17.4 Å². The lowest BCUT2D eigenvalue weighted by Crippen LogP contribution is -2.17. The zero-order valence-electron chi connectivity index (χ0n) is 14.0. The number of carbonyl (C=O) groups is 1. The molecule has 0 saturated carbocycles. The summed E-state index contributed by atoms with van der Waals surface area (Å²) in [6.07, 6.45) is 0.230. The third-order valence-corrected chi connectivity index (χ3v) is 3.71. The van der Waals surface area contributed by atoms with E-state index in [0.717, 1.165) is 22.9 Å². The number of ether oxygens (including phenoxy) is 2. The lowest BCUT2D eigenvalue weighted by Gasteiger charge is -2.05. The molecular weight excluding hydrogens is 415 g/mol. The van der Waals surface area contributed by atoms with Gasteiger partial charge in [-0.05, 0) is 12.1 Å². The van der Waals surface area contributed by atoms with Crippen molar-refractivity contribution in [3.05, 3.63) is 79.7 Å². The van der Waals surface area contributed by atoms with Crippen LogP contribution in [-0.4, -0.2) is 25.7 Å². The Kier molecular flexibility index (Phi) is 5.36. The van der Waals surface area contributed by atoms with E-state index in [9.17, 15) is 29.4 Å². The molecule has 13 heteroatoms. The van der Waals surface area contributed by atoms with E-state index in [-0.39, 0.29) is 28.1 Å². The number of non-ortho nitro benzene ring substituents is 1. The largest absolute Gasteiger partial charge is 0.440 e. The van der Waals surface area contributed by atoms with Gasteiger partial charge in [0.05, 0.1) is 14.9 Å². The fourth-order valence-electron chi connectivity index (χ4n) is 2.10. The number of aromatic nitrogens is 2. The number of hydrogen-bond acceptors (Lipinski definition) is 8. The van der Waals surface area contributed by atoms with Crippen LogP contribution in [0.3, 0.4) is 0 Å². The molecule has 0 aliphatic carbocycles. The van der Waals surface area contributed by atoms with Crippen molar-refractivity contribution in [2.45, 2.75) is 0 Å². The molecule has 29 heavy (non-hydrogen) atoms. The van der Waals surface area contributed by atoms with Gasteiger partial charge in [0.15, 0.2) is 5.75 Å². The van der Waals surface area contributed by atoms with Crippen LogP contribution in [0.1, 0.15) is 0 Å². The van der Waals surface area contributed by atoms with Gasteiger partial charge in [0.2, 0.25) is 11.7 Å². The summed E-state index contributed by atoms with van der Waals surface area (Å²) in [7, 11) is 0. The Labute approximate surface area is 165 Å². The monoisotopic (exact) mass is 422 g/mol. The number of hydrogen-bond donors (Lipinski definition) is 0. The van der Waals surface area contributed by atoms with E-state index < -0.39 is 27.4 Å². The fraction of sp³-hybridized carbons (Fsp3) is 0. The minimum absolute atomic E-state index is 0.0408. The summed E-state index contributed by atoms with van der Waals surface area (Å²) < 4.78 is 24.7. The van der Waals surface area contributed by atoms with Crippen molar-refractivity contribution < 1.29 is 28.5 Å². The highest BCUT2D eigenvalue weighted by molar-refractivity contribution is 6.32. The van der Waals surface area contributed by atoms with Gasteiger partial charge >= 0.3 is 11.8 Å². The van der Waals surface area contributed by atoms with Gasteiger partial charge < -0.3 is 9.47 Å². The number of nitro benzene ring substituents is 2. The van der Waals surface area contributed by atoms with E-state index in [1.165, 1.54) is 24.4 Å². The summed E-state index contributed by atoms with van der Waals surface area (Å²) in [6, 6.07) is 7.52. The molecule has 0 bridgehead atoms. The summed E-state index contributed by atoms with van der Waals surface area (Å²) in [5, 5.41) is 24.8. The molecule has 0 unspecified atom stereocenters. The first kappa shape index (κ1) is 19.7. The van der Waals surface area contributed by atoms with Crippen molar-refractivity contribution in [2.75, 3.05) is 0 Å². The van der Waals surface area contributed by atoms with Gasteiger partial charge in [-0.3, -0.25) is 20.2 Å². The molecule has 148 valence electrons. The molecule has 0 spiro atoms. The summed E-state index contributed by atoms with van der Waals surface area (Å²) >= 11 is 5.84. The van der Waals surface area contributed by atoms with Crippen LogP contribution in [0, 0.1) is 26.0 Å². The Morgan fingerprint density at radius 3 is 2.41 bits per heavy atom. The van der Waals surface area contributed by atoms with E-state index in [1.54, 1.807) is 0 Å². The van der Waals surface area contributed by atoms with Crippen molar-refractivity contribution in [3.63, 3.8) is 0 Å². The highest BCUT2D eigenvalue weighted by Crippen LogP contribution is 2.34. The normalized spacial score (nSPS) is 10.4. The molecule has 0 N–H and O–H groups in total. The maximum absolute atomic E-state index is 13.7. The smallest absolute Gasteiger partial charge is 0.436 e. The molecule has 0 saturated heterocycles. The van der Waals surface area contributed by atoms with Crippen molar-refractivity contribution in [1.29, 1.82) is 0 Å². The van der Waals surface area contributed by atoms with E-state index in [4.69, 9.17) is 21.1 Å². The molecule has 0 radical (unpaired) electrons. The van der Waals surface area contributed by atoms with Gasteiger partial charge in [-0.25, -0.2) is 4.79 Å². The second kappa shape index (κ2) is 7.90. The maximum Gasteiger partial charge on any atom is 0.440 e. The zero-order chi connectivity index (χ0) is 21.1. The average molecular weight is 423 g/mol. The molecule has 0 aliphatic rings. The Morgan fingerprint density at radius 2 is 1.79 bits per heavy atom. The Bertz CT molecular complexity index is 1120. The van der Waals surface area contributed by atoms with Gasteiger partial charge in [-0.2, -0.15) is 9.07 Å². The van der Waals surface area contributed by atoms with Crippen LogP contribution in [0.25, 0.3) is 0 Å². The first-order valence-electron chi connectivity index (χ1n) is 7.58. The van der Waals surface area contributed by atoms with Crippen LogP contribution in [0.5, 0.6) is 17.4 Å². The number of nitrogens with zero attached hydrogens (tertiary/aromatic N) is 4. The molecule has 1 aromatic heterocycles. The van der Waals surface area contributed by atoms with E-state index >= 15 is 0 Å². The third-order valence-electron chi connectivity index (χ3n) is 3.42. The van der Waals surface area contributed by atoms with Gasteiger partial charge in [0.1, 0.15) is 5.75 Å². The first-order chi connectivity index (χ1) is 13.7. The summed E-state index contributed by atoms with van der Waals surface area (Å²) in [6.45, 7) is 0. The first-order valence-corrected chi connectivity index (χ1v) is 7.96. The van der Waals surface area contributed by atoms with E-state index in [1.807, 2.05) is 0 Å². The summed E-state index contributed by atoms with van der Waals surface area (Å²) in [5.41, 5.74) is -0.994. The molecule has 3 rings (SSSR count). The third kappa shape index (κ3) is 4.44. The van der Waals surface area contributed by atoms with Gasteiger partial charge in [0, 0.05) is 36.5 Å². The van der Waals surface area contributed by atoms with Crippen LogP contribution < -0.4 is 9.47 Å². The second-order valence-electron chi connectivity index (χ2n) is 5.31. The summed E-state index contributed by atoms with van der Waals surface area (Å²) in [4.78, 5) is 31.8. The topological polar surface area (TPSA) is 140 Å². The Morgan fingerprint density at radius 1 is 1.10 bits per heavy atom. The molecule has 11 nitrogen and oxygen atoms in total. The fourth-order valence-corrected chi connectivity index (χ4v) is 2.29. The molecule has 0 fully saturated rings. The zero-order valence-corrected chi connectivity index (χ0v) is 14.8. The van der Waals surface area contributed by atoms with Crippen LogP contribution in [0.4, 0.5) is 20.6 Å². The van der Waals surface area contributed by atoms with Gasteiger partial charge in [-0.1, -0.05) is 11.6 Å². The SMILES string of the molecule is O=C(Oc1ccc([N+](=O)[O-])cc1)n1ccc(Oc2cc(F)c([N+](=O)[O-])cc2Cl)n1. The molecule has 3 aromatic rings. The van der Waals surface area contributed by atoms with Crippen LogP contribution >= 0.6 is 11.6 Å². The predicted molar refractivity (Wildman–Crippen MR) is 94.9 cm³/mol. The van der Waals surface area contributed by atoms with Crippen LogP contribution in [-0.2, 0) is 0 Å². The Balaban J connectivity index is 1.72. The summed E-state index contributed by atoms with van der Waals surface area (Å²) in [5.74, 6) is -1.53. The molecule has 2 aromatic carbocycles. The number of rotatable bonds is 5. The minimum atomic E-state index is -1.16. The Hall–Kier alpha value is -4.06. The molecule has 0 amide bonds. The van der Waals surface area contributed by atoms with Crippen LogP contribution in [0.2, 0.25) is 5.02 Å². The average Bonchev–Trinajstić information content (AvgIpc) is 3.13. The minimum Gasteiger partial charge on any atom is -0.436 e. The van der Waals surface area contributed by atoms with Gasteiger partial charge in [-0.15, -0.1) is 5.10 Å². The predicted octanol–water partition coefficient (Wildman–Crippen LogP) is 4.33. The highest BCUT2D eigenvalue weighted by Gasteiger charge is 2.20. The van der Waals surface area contributed by atoms with Crippen molar-refractivity contribution >= 4 is 29.1 Å². The van der Waals surface area contributed by atoms with E-state index in [2.05, 4.69) is 5.10 Å². The quantitative estimate of drug-likeness (QED) is 0.437. The van der Waals surface area contributed by atoms with Crippen molar-refractivity contribution in [1.82, 2.24) is 9.78 Å². The van der Waals surface area contributed by atoms with E-state index in [0.29, 0.717) is 6.07 Å². The maximum atomic E-state index is 13.7. The lowest BCUT2D eigenvalue weighted by atomic mass is 10.3. The standard InChI is InChI=1S/C16H8ClFN4O7/c17-11-7-13(22(26)27)12(18)8-14(11)29-15-5-6-20(19-15)16(23)28-10-3-1-9(2-4-10)21(24)25/h1-8H. The number of halogens is 2. The molecule has 1 heterocycles. The van der Waals surface area contributed by atoms with Crippen LogP contribution in [0.15, 0.2) is 48.7 Å². The highest BCUT2D eigenvalue weighted by atomic mass is 35.5. The number of carbonyl (C=O) groups excluding carboxylic acids is 1. The second-order valence-corrected chi connectivity index (χ2v) is 5.72. The molecule has 0 atom stereocenters. The molecule has 0 aliphatic heterocycles. The molecular formula is C16H8ClFN4O7. The number of nitro groups is 2. The van der Waals surface area contributed by atoms with Gasteiger partial charge in [0.25, 0.3) is 5.69 Å². The lowest BCUT2D eigenvalue weighted by molar-refractivity contribution is -0.387. The number of benzene rings is 2.